The highest BCUT2D eigenvalue weighted by atomic mass is 16.6. The number of carbonyl (C=O) groups excluding carboxylic acids is 2. The average Bonchev–Trinajstić information content (AvgIpc) is 2.36. The van der Waals surface area contributed by atoms with Crippen molar-refractivity contribution in [1.82, 2.24) is 0 Å². The molecule has 5 nitrogen and oxygen atoms in total. The van der Waals surface area contributed by atoms with Crippen LogP contribution in [0.25, 0.3) is 0 Å². The van der Waals surface area contributed by atoms with Crippen molar-refractivity contribution in [1.29, 1.82) is 0 Å². The lowest BCUT2D eigenvalue weighted by Crippen LogP contribution is -2.29. The maximum atomic E-state index is 11.9. The molecule has 0 spiro atoms. The summed E-state index contributed by atoms with van der Waals surface area (Å²) in [5.41, 5.74) is -0.121. The second-order valence-corrected chi connectivity index (χ2v) is 6.38. The number of hydrogen-bond donors (Lipinski definition) is 1. The van der Waals surface area contributed by atoms with Gasteiger partial charge in [0.2, 0.25) is 0 Å². The Morgan fingerprint density at radius 1 is 1.19 bits per heavy atom. The molecular weight excluding hydrogens is 270 g/mol. The number of methoxy groups -OCH3 is 1. The Morgan fingerprint density at radius 2 is 1.81 bits per heavy atom. The van der Waals surface area contributed by atoms with Crippen LogP contribution in [0.15, 0.2) is 18.2 Å². The minimum absolute atomic E-state index is 0.501. The first-order chi connectivity index (χ1) is 9.59. The SMILES string of the molecule is COc1ccc(C(C)(C)C=O)c(NC(=O)OC(C)(C)C)c1. The number of hydrogen-bond acceptors (Lipinski definition) is 4. The van der Waals surface area contributed by atoms with Crippen molar-refractivity contribution >= 4 is 18.1 Å². The Labute approximate surface area is 125 Å². The van der Waals surface area contributed by atoms with Crippen molar-refractivity contribution in [2.45, 2.75) is 45.6 Å². The van der Waals surface area contributed by atoms with Gasteiger partial charge in [-0.25, -0.2) is 4.79 Å². The van der Waals surface area contributed by atoms with Gasteiger partial charge in [0.25, 0.3) is 0 Å². The van der Waals surface area contributed by atoms with E-state index in [0.717, 1.165) is 6.29 Å². The number of carbonyl (C=O) groups is 2. The molecular formula is C16H23NO4. The fourth-order valence-corrected chi connectivity index (χ4v) is 1.79. The molecule has 1 N–H and O–H groups in total. The predicted octanol–water partition coefficient (Wildman–Crippen LogP) is 3.52. The van der Waals surface area contributed by atoms with E-state index in [1.807, 2.05) is 0 Å². The van der Waals surface area contributed by atoms with E-state index in [-0.39, 0.29) is 0 Å². The first-order valence-corrected chi connectivity index (χ1v) is 6.74. The molecule has 0 fully saturated rings. The Hall–Kier alpha value is -2.04. The smallest absolute Gasteiger partial charge is 0.412 e. The van der Waals surface area contributed by atoms with Gasteiger partial charge in [-0.3, -0.25) is 5.32 Å². The lowest BCUT2D eigenvalue weighted by Gasteiger charge is -2.24. The van der Waals surface area contributed by atoms with E-state index in [0.29, 0.717) is 17.0 Å². The molecule has 0 aliphatic carbocycles. The highest BCUT2D eigenvalue weighted by Gasteiger charge is 2.25. The molecule has 21 heavy (non-hydrogen) atoms. The molecule has 0 bridgehead atoms. The summed E-state index contributed by atoms with van der Waals surface area (Å²) < 4.78 is 10.4. The van der Waals surface area contributed by atoms with Crippen LogP contribution in [0, 0.1) is 0 Å². The summed E-state index contributed by atoms with van der Waals surface area (Å²) in [5, 5.41) is 2.68. The van der Waals surface area contributed by atoms with Crippen LogP contribution in [0.4, 0.5) is 10.5 Å². The van der Waals surface area contributed by atoms with E-state index in [1.165, 1.54) is 7.11 Å². The van der Waals surface area contributed by atoms with Gasteiger partial charge in [-0.2, -0.15) is 0 Å². The fourth-order valence-electron chi connectivity index (χ4n) is 1.79. The molecule has 0 heterocycles. The summed E-state index contributed by atoms with van der Waals surface area (Å²) in [6, 6.07) is 5.19. The maximum absolute atomic E-state index is 11.9. The van der Waals surface area contributed by atoms with Crippen molar-refractivity contribution in [2.24, 2.45) is 0 Å². The topological polar surface area (TPSA) is 64.6 Å². The van der Waals surface area contributed by atoms with E-state index < -0.39 is 17.1 Å². The Bertz CT molecular complexity index is 530. The molecule has 116 valence electrons. The fraction of sp³-hybridized carbons (Fsp3) is 0.500. The molecule has 1 aromatic rings. The van der Waals surface area contributed by atoms with E-state index >= 15 is 0 Å². The van der Waals surface area contributed by atoms with Crippen molar-refractivity contribution in [3.05, 3.63) is 23.8 Å². The third-order valence-electron chi connectivity index (χ3n) is 2.85. The predicted molar refractivity (Wildman–Crippen MR) is 81.9 cm³/mol. The maximum Gasteiger partial charge on any atom is 0.412 e. The van der Waals surface area contributed by atoms with E-state index in [9.17, 15) is 9.59 Å². The van der Waals surface area contributed by atoms with E-state index in [2.05, 4.69) is 5.32 Å². The summed E-state index contributed by atoms with van der Waals surface area (Å²) in [6.07, 6.45) is 0.272. The molecule has 0 unspecified atom stereocenters. The molecule has 1 aromatic carbocycles. The van der Waals surface area contributed by atoms with Crippen LogP contribution in [0.2, 0.25) is 0 Å². The van der Waals surface area contributed by atoms with E-state index in [4.69, 9.17) is 9.47 Å². The van der Waals surface area contributed by atoms with Crippen LogP contribution >= 0.6 is 0 Å². The van der Waals surface area contributed by atoms with Gasteiger partial charge in [-0.15, -0.1) is 0 Å². The van der Waals surface area contributed by atoms with Gasteiger partial charge in [-0.05, 0) is 46.2 Å². The largest absolute Gasteiger partial charge is 0.497 e. The molecule has 0 saturated carbocycles. The lowest BCUT2D eigenvalue weighted by atomic mass is 9.85. The molecule has 0 aromatic heterocycles. The third kappa shape index (κ3) is 4.77. The number of amides is 1. The Morgan fingerprint density at radius 3 is 2.29 bits per heavy atom. The first-order valence-electron chi connectivity index (χ1n) is 6.74. The van der Waals surface area contributed by atoms with Gasteiger partial charge in [0.15, 0.2) is 0 Å². The van der Waals surface area contributed by atoms with Crippen LogP contribution in [-0.2, 0) is 14.9 Å². The number of anilines is 1. The summed E-state index contributed by atoms with van der Waals surface area (Å²) >= 11 is 0. The minimum Gasteiger partial charge on any atom is -0.497 e. The first kappa shape index (κ1) is 17.0. The summed E-state index contributed by atoms with van der Waals surface area (Å²) in [4.78, 5) is 23.2. The van der Waals surface area contributed by atoms with Crippen molar-refractivity contribution in [3.8, 4) is 5.75 Å². The van der Waals surface area contributed by atoms with Crippen molar-refractivity contribution in [2.75, 3.05) is 12.4 Å². The minimum atomic E-state index is -0.726. The monoisotopic (exact) mass is 293 g/mol. The lowest BCUT2D eigenvalue weighted by molar-refractivity contribution is -0.111. The highest BCUT2D eigenvalue weighted by Crippen LogP contribution is 2.32. The van der Waals surface area contributed by atoms with Gasteiger partial charge >= 0.3 is 6.09 Å². The molecule has 0 aliphatic rings. The van der Waals surface area contributed by atoms with Crippen molar-refractivity contribution < 1.29 is 19.1 Å². The number of rotatable bonds is 4. The third-order valence-corrected chi connectivity index (χ3v) is 2.85. The molecule has 1 amide bonds. The quantitative estimate of drug-likeness (QED) is 0.863. The number of ether oxygens (including phenoxy) is 2. The summed E-state index contributed by atoms with van der Waals surface area (Å²) in [7, 11) is 1.54. The normalized spacial score (nSPS) is 11.7. The van der Waals surface area contributed by atoms with Gasteiger partial charge in [-0.1, -0.05) is 6.07 Å². The van der Waals surface area contributed by atoms with Crippen molar-refractivity contribution in [3.63, 3.8) is 0 Å². The van der Waals surface area contributed by atoms with E-state index in [1.54, 1.807) is 52.8 Å². The average molecular weight is 293 g/mol. The Balaban J connectivity index is 3.13. The van der Waals surface area contributed by atoms with Crippen LogP contribution < -0.4 is 10.1 Å². The number of benzene rings is 1. The van der Waals surface area contributed by atoms with Crippen LogP contribution in [0.3, 0.4) is 0 Å². The molecule has 0 saturated heterocycles. The molecule has 1 rings (SSSR count). The standard InChI is InChI=1S/C16H23NO4/c1-15(2,3)21-14(19)17-13-9-11(20-6)7-8-12(13)16(4,5)10-18/h7-10H,1-6H3,(H,17,19). The zero-order chi connectivity index (χ0) is 16.3. The number of aldehydes is 1. The van der Waals surface area contributed by atoms with Crippen LogP contribution in [0.5, 0.6) is 5.75 Å². The summed E-state index contributed by atoms with van der Waals surface area (Å²) in [6.45, 7) is 8.92. The second kappa shape index (κ2) is 6.16. The number of nitrogens with one attached hydrogen (secondary N) is 1. The zero-order valence-electron chi connectivity index (χ0n) is 13.4. The second-order valence-electron chi connectivity index (χ2n) is 6.38. The van der Waals surface area contributed by atoms with Gasteiger partial charge in [0.05, 0.1) is 12.8 Å². The van der Waals surface area contributed by atoms with Crippen LogP contribution in [-0.4, -0.2) is 25.1 Å². The molecule has 5 heteroatoms. The van der Waals surface area contributed by atoms with Crippen LogP contribution in [0.1, 0.15) is 40.2 Å². The molecule has 0 aliphatic heterocycles. The molecule has 0 atom stereocenters. The van der Waals surface area contributed by atoms with Gasteiger partial charge < -0.3 is 14.3 Å². The zero-order valence-corrected chi connectivity index (χ0v) is 13.4. The summed E-state index contributed by atoms with van der Waals surface area (Å²) in [5.74, 6) is 0.589. The Kier molecular flexibility index (Phi) is 4.99. The van der Waals surface area contributed by atoms with Gasteiger partial charge in [0, 0.05) is 11.5 Å². The highest BCUT2D eigenvalue weighted by molar-refractivity contribution is 5.88. The molecule has 0 radical (unpaired) electrons. The van der Waals surface area contributed by atoms with Gasteiger partial charge in [0.1, 0.15) is 17.6 Å².